The largest absolute Gasteiger partial charge is 0.573 e. The van der Waals surface area contributed by atoms with Crippen LogP contribution < -0.4 is 25.0 Å². The number of aromatic nitrogens is 3. The smallest absolute Gasteiger partial charge is 0.497 e. The highest BCUT2D eigenvalue weighted by molar-refractivity contribution is 7.80. The summed E-state index contributed by atoms with van der Waals surface area (Å²) in [6, 6.07) is 17.9. The fraction of sp³-hybridized carbons (Fsp3) is 0.120. The molecule has 0 radical (unpaired) electrons. The molecule has 0 saturated heterocycles. The van der Waals surface area contributed by atoms with E-state index in [4.69, 9.17) is 21.7 Å². The minimum Gasteiger partial charge on any atom is -0.497 e. The zero-order chi connectivity index (χ0) is 27.1. The van der Waals surface area contributed by atoms with Crippen LogP contribution in [0.25, 0.3) is 17.1 Å². The predicted molar refractivity (Wildman–Crippen MR) is 140 cm³/mol. The van der Waals surface area contributed by atoms with Crippen LogP contribution in [0.5, 0.6) is 17.2 Å². The van der Waals surface area contributed by atoms with Gasteiger partial charge >= 0.3 is 6.36 Å². The van der Waals surface area contributed by atoms with Crippen molar-refractivity contribution in [3.05, 3.63) is 78.6 Å². The lowest BCUT2D eigenvalue weighted by Crippen LogP contribution is -2.24. The van der Waals surface area contributed by atoms with E-state index in [1.165, 1.54) is 35.3 Å². The van der Waals surface area contributed by atoms with Gasteiger partial charge in [0.05, 0.1) is 31.8 Å². The SMILES string of the molecule is COc1ccc(NC(=S)NN=Cc2ccc(-c3ncn(-c4ccc(OC(F)(F)F)cc4)n3)cc2)c(OC)c1. The molecule has 9 nitrogen and oxygen atoms in total. The Morgan fingerprint density at radius 2 is 1.68 bits per heavy atom. The van der Waals surface area contributed by atoms with Crippen molar-refractivity contribution in [3.8, 4) is 34.3 Å². The molecule has 2 N–H and O–H groups in total. The average molecular weight is 543 g/mol. The van der Waals surface area contributed by atoms with Gasteiger partial charge < -0.3 is 19.5 Å². The van der Waals surface area contributed by atoms with Crippen LogP contribution in [0.4, 0.5) is 18.9 Å². The minimum atomic E-state index is -4.75. The molecule has 0 amide bonds. The van der Waals surface area contributed by atoms with Gasteiger partial charge in [-0.05, 0) is 54.2 Å². The van der Waals surface area contributed by atoms with E-state index < -0.39 is 6.36 Å². The Morgan fingerprint density at radius 3 is 2.34 bits per heavy atom. The predicted octanol–water partition coefficient (Wildman–Crippen LogP) is 5.17. The van der Waals surface area contributed by atoms with Crippen molar-refractivity contribution in [3.63, 3.8) is 0 Å². The number of methoxy groups -OCH3 is 2. The Kier molecular flexibility index (Phi) is 8.06. The number of benzene rings is 3. The lowest BCUT2D eigenvalue weighted by Gasteiger charge is -2.12. The Balaban J connectivity index is 1.34. The molecule has 0 atom stereocenters. The summed E-state index contributed by atoms with van der Waals surface area (Å²) in [6.07, 6.45) is -1.68. The van der Waals surface area contributed by atoms with Crippen molar-refractivity contribution in [2.75, 3.05) is 19.5 Å². The van der Waals surface area contributed by atoms with Crippen molar-refractivity contribution in [1.82, 2.24) is 20.2 Å². The van der Waals surface area contributed by atoms with Crippen LogP contribution in [0.15, 0.2) is 78.2 Å². The van der Waals surface area contributed by atoms with Gasteiger partial charge in [0.2, 0.25) is 0 Å². The van der Waals surface area contributed by atoms with E-state index in [0.717, 1.165) is 11.1 Å². The van der Waals surface area contributed by atoms with Gasteiger partial charge in [-0.15, -0.1) is 18.3 Å². The van der Waals surface area contributed by atoms with Crippen molar-refractivity contribution >= 4 is 29.2 Å². The van der Waals surface area contributed by atoms with E-state index >= 15 is 0 Å². The van der Waals surface area contributed by atoms with Crippen molar-refractivity contribution in [2.45, 2.75) is 6.36 Å². The van der Waals surface area contributed by atoms with Gasteiger partial charge in [-0.25, -0.2) is 9.67 Å². The highest BCUT2D eigenvalue weighted by Gasteiger charge is 2.31. The van der Waals surface area contributed by atoms with Crippen LogP contribution in [-0.4, -0.2) is 46.7 Å². The van der Waals surface area contributed by atoms with Gasteiger partial charge in [-0.3, -0.25) is 5.43 Å². The Hall–Kier alpha value is -4.65. The summed E-state index contributed by atoms with van der Waals surface area (Å²) < 4.78 is 52.9. The number of halogens is 3. The first-order valence-corrected chi connectivity index (χ1v) is 11.4. The summed E-state index contributed by atoms with van der Waals surface area (Å²) in [5.74, 6) is 1.35. The van der Waals surface area contributed by atoms with Gasteiger partial charge in [0.1, 0.15) is 23.6 Å². The number of anilines is 1. The van der Waals surface area contributed by atoms with E-state index in [2.05, 4.69) is 30.7 Å². The highest BCUT2D eigenvalue weighted by atomic mass is 32.1. The van der Waals surface area contributed by atoms with Crippen LogP contribution in [0.3, 0.4) is 0 Å². The molecule has 0 saturated carbocycles. The molecule has 4 aromatic rings. The molecule has 0 fully saturated rings. The number of alkyl halides is 3. The summed E-state index contributed by atoms with van der Waals surface area (Å²) in [5.41, 5.74) is 5.48. The molecule has 38 heavy (non-hydrogen) atoms. The number of nitrogens with zero attached hydrogens (tertiary/aromatic N) is 4. The van der Waals surface area contributed by atoms with Crippen LogP contribution in [0.1, 0.15) is 5.56 Å². The molecule has 0 aliphatic rings. The highest BCUT2D eigenvalue weighted by Crippen LogP contribution is 2.29. The fourth-order valence-electron chi connectivity index (χ4n) is 3.26. The normalized spacial score (nSPS) is 11.3. The molecule has 1 heterocycles. The van der Waals surface area contributed by atoms with E-state index in [0.29, 0.717) is 28.7 Å². The second kappa shape index (κ2) is 11.6. The molecular weight excluding hydrogens is 521 g/mol. The topological polar surface area (TPSA) is 94.8 Å². The van der Waals surface area contributed by atoms with Gasteiger partial charge in [0, 0.05) is 11.6 Å². The first kappa shape index (κ1) is 26.4. The molecule has 4 rings (SSSR count). The fourth-order valence-corrected chi connectivity index (χ4v) is 3.42. The van der Waals surface area contributed by atoms with Crippen LogP contribution in [0.2, 0.25) is 0 Å². The van der Waals surface area contributed by atoms with Crippen molar-refractivity contribution in [1.29, 1.82) is 0 Å². The number of rotatable bonds is 8. The molecule has 0 bridgehead atoms. The number of hydrogen-bond acceptors (Lipinski definition) is 7. The van der Waals surface area contributed by atoms with Crippen LogP contribution >= 0.6 is 12.2 Å². The van der Waals surface area contributed by atoms with E-state index in [1.807, 2.05) is 24.3 Å². The molecule has 196 valence electrons. The number of hydrogen-bond donors (Lipinski definition) is 2. The molecule has 0 spiro atoms. The number of ether oxygens (including phenoxy) is 3. The van der Waals surface area contributed by atoms with E-state index in [1.54, 1.807) is 38.6 Å². The molecule has 13 heteroatoms. The summed E-state index contributed by atoms with van der Waals surface area (Å²) >= 11 is 5.28. The van der Waals surface area contributed by atoms with Gasteiger partial charge in [-0.1, -0.05) is 24.3 Å². The summed E-state index contributed by atoms with van der Waals surface area (Å²) in [6.45, 7) is 0. The Bertz CT molecular complexity index is 1420. The monoisotopic (exact) mass is 542 g/mol. The number of nitrogens with one attached hydrogen (secondary N) is 2. The molecule has 0 aliphatic heterocycles. The maximum atomic E-state index is 12.3. The van der Waals surface area contributed by atoms with Crippen molar-refractivity contribution < 1.29 is 27.4 Å². The average Bonchev–Trinajstić information content (AvgIpc) is 3.39. The maximum Gasteiger partial charge on any atom is 0.573 e. The maximum absolute atomic E-state index is 12.3. The Labute approximate surface area is 220 Å². The Morgan fingerprint density at radius 1 is 0.974 bits per heavy atom. The van der Waals surface area contributed by atoms with Crippen LogP contribution in [0, 0.1) is 0 Å². The molecule has 1 aromatic heterocycles. The molecule has 0 aliphatic carbocycles. The van der Waals surface area contributed by atoms with E-state index in [9.17, 15) is 13.2 Å². The van der Waals surface area contributed by atoms with Gasteiger partial charge in [-0.2, -0.15) is 5.10 Å². The third kappa shape index (κ3) is 6.97. The lowest BCUT2D eigenvalue weighted by atomic mass is 10.1. The molecular formula is C25H21F3N6O3S. The number of hydrazone groups is 1. The first-order chi connectivity index (χ1) is 18.2. The summed E-state index contributed by atoms with van der Waals surface area (Å²) in [5, 5.41) is 11.8. The standard InChI is InChI=1S/C25H21F3N6O3S/c1-35-20-11-12-21(22(13-20)36-2)31-24(38)32-30-14-16-3-5-17(6-4-16)23-29-15-34(33-23)18-7-9-19(10-8-18)37-25(26,27)28/h3-15H,1-2H3,(H2,31,32,38). The number of thiocarbonyl (C=S) groups is 1. The van der Waals surface area contributed by atoms with Crippen molar-refractivity contribution in [2.24, 2.45) is 5.10 Å². The second-order valence-corrected chi connectivity index (χ2v) is 7.98. The summed E-state index contributed by atoms with van der Waals surface area (Å²) in [4.78, 5) is 4.28. The third-order valence-electron chi connectivity index (χ3n) is 5.03. The van der Waals surface area contributed by atoms with Crippen LogP contribution in [-0.2, 0) is 0 Å². The quantitative estimate of drug-likeness (QED) is 0.179. The third-order valence-corrected chi connectivity index (χ3v) is 5.23. The molecule has 3 aromatic carbocycles. The minimum absolute atomic E-state index is 0.272. The van der Waals surface area contributed by atoms with E-state index in [-0.39, 0.29) is 10.9 Å². The zero-order valence-electron chi connectivity index (χ0n) is 20.1. The molecule has 0 unspecified atom stereocenters. The second-order valence-electron chi connectivity index (χ2n) is 7.57. The van der Waals surface area contributed by atoms with Gasteiger partial charge in [0.15, 0.2) is 10.9 Å². The zero-order valence-corrected chi connectivity index (χ0v) is 20.9. The first-order valence-electron chi connectivity index (χ1n) is 10.9. The summed E-state index contributed by atoms with van der Waals surface area (Å²) in [7, 11) is 3.12. The lowest BCUT2D eigenvalue weighted by molar-refractivity contribution is -0.274. The van der Waals surface area contributed by atoms with Gasteiger partial charge in [0.25, 0.3) is 0 Å².